The van der Waals surface area contributed by atoms with E-state index in [-0.39, 0.29) is 0 Å². The van der Waals surface area contributed by atoms with Crippen LogP contribution in [-0.2, 0) is 0 Å². The fourth-order valence-corrected chi connectivity index (χ4v) is 20.2. The highest BCUT2D eigenvalue weighted by atomic mass is 28.4. The molecule has 0 saturated carbocycles. The van der Waals surface area contributed by atoms with Crippen molar-refractivity contribution in [2.24, 2.45) is 0 Å². The molecule has 1 aliphatic rings. The quantitative estimate of drug-likeness (QED) is 0.506. The minimum Gasteiger partial charge on any atom is -0.0694 e. The molecule has 0 aromatic rings. The van der Waals surface area contributed by atoms with E-state index >= 15 is 0 Å². The van der Waals surface area contributed by atoms with Crippen molar-refractivity contribution in [2.75, 3.05) is 0 Å². The van der Waals surface area contributed by atoms with Gasteiger partial charge in [0.15, 0.2) is 0 Å². The molecular formula is C9H22Si2. The molecule has 1 saturated heterocycles. The summed E-state index contributed by atoms with van der Waals surface area (Å²) in [4.78, 5) is 0. The molecule has 0 amide bonds. The largest absolute Gasteiger partial charge is 0.0694 e. The van der Waals surface area contributed by atoms with Crippen molar-refractivity contribution in [2.45, 2.75) is 56.8 Å². The predicted octanol–water partition coefficient (Wildman–Crippen LogP) is 3.74. The second-order valence-corrected chi connectivity index (χ2v) is 16.9. The van der Waals surface area contributed by atoms with Gasteiger partial charge in [-0.3, -0.25) is 0 Å². The molecule has 1 rings (SSSR count). The van der Waals surface area contributed by atoms with Crippen molar-refractivity contribution in [3.8, 4) is 0 Å². The summed E-state index contributed by atoms with van der Waals surface area (Å²) in [6.45, 7) is 15.3. The first-order valence-corrected chi connectivity index (χ1v) is 11.3. The van der Waals surface area contributed by atoms with Crippen LogP contribution in [0.3, 0.4) is 0 Å². The van der Waals surface area contributed by atoms with Crippen LogP contribution in [0.15, 0.2) is 0 Å². The number of hydrogen-bond acceptors (Lipinski definition) is 0. The molecule has 0 aromatic heterocycles. The van der Waals surface area contributed by atoms with E-state index in [4.69, 9.17) is 0 Å². The van der Waals surface area contributed by atoms with Gasteiger partial charge in [0.05, 0.1) is 0 Å². The SMILES string of the molecule is C[C@@H]1[C@H](C)[Si](C)(C)C[Si]1(C)C. The molecule has 2 heteroatoms. The molecule has 66 valence electrons. The minimum atomic E-state index is -0.780. The summed E-state index contributed by atoms with van der Waals surface area (Å²) in [6.07, 6.45) is 0. The molecule has 0 bridgehead atoms. The first kappa shape index (κ1) is 9.52. The Morgan fingerprint density at radius 2 is 1.09 bits per heavy atom. The highest BCUT2D eigenvalue weighted by Gasteiger charge is 2.49. The molecule has 1 heterocycles. The van der Waals surface area contributed by atoms with Crippen LogP contribution in [0.5, 0.6) is 0 Å². The zero-order valence-corrected chi connectivity index (χ0v) is 10.9. The van der Waals surface area contributed by atoms with Gasteiger partial charge in [-0.2, -0.15) is 0 Å². The lowest BCUT2D eigenvalue weighted by atomic mass is 10.3. The zero-order chi connectivity index (χ0) is 8.86. The van der Waals surface area contributed by atoms with E-state index in [0.29, 0.717) is 0 Å². The van der Waals surface area contributed by atoms with E-state index in [9.17, 15) is 0 Å². The summed E-state index contributed by atoms with van der Waals surface area (Å²) >= 11 is 0. The standard InChI is InChI=1S/C9H22Si2/c1-8-9(2)11(5,6)7-10(8,3)4/h8-9H,7H2,1-6H3/t8-,9+. The maximum Gasteiger partial charge on any atom is 0.0475 e. The molecule has 0 N–H and O–H groups in total. The third-order valence-electron chi connectivity index (χ3n) is 4.13. The van der Waals surface area contributed by atoms with Crippen molar-refractivity contribution in [1.29, 1.82) is 0 Å². The van der Waals surface area contributed by atoms with Crippen LogP contribution in [0.4, 0.5) is 0 Å². The third kappa shape index (κ3) is 1.47. The first-order chi connectivity index (χ1) is 4.77. The Hall–Kier alpha value is 0.434. The van der Waals surface area contributed by atoms with Gasteiger partial charge in [0.25, 0.3) is 0 Å². The monoisotopic (exact) mass is 186 g/mol. The second kappa shape index (κ2) is 2.46. The van der Waals surface area contributed by atoms with Crippen LogP contribution in [0, 0.1) is 0 Å². The average Bonchev–Trinajstić information content (AvgIpc) is 1.91. The fourth-order valence-electron chi connectivity index (χ4n) is 2.85. The van der Waals surface area contributed by atoms with Gasteiger partial charge in [-0.05, 0) is 11.1 Å². The van der Waals surface area contributed by atoms with E-state index in [2.05, 4.69) is 40.0 Å². The van der Waals surface area contributed by atoms with Crippen LogP contribution < -0.4 is 0 Å². The van der Waals surface area contributed by atoms with Crippen molar-refractivity contribution < 1.29 is 0 Å². The summed E-state index contributed by atoms with van der Waals surface area (Å²) in [5.74, 6) is 0. The van der Waals surface area contributed by atoms with Crippen LogP contribution in [-0.4, -0.2) is 16.1 Å². The summed E-state index contributed by atoms with van der Waals surface area (Å²) in [5, 5.41) is 0. The van der Waals surface area contributed by atoms with Gasteiger partial charge in [0.2, 0.25) is 0 Å². The number of rotatable bonds is 0. The average molecular weight is 186 g/mol. The molecule has 0 radical (unpaired) electrons. The van der Waals surface area contributed by atoms with Gasteiger partial charge in [0.1, 0.15) is 0 Å². The van der Waals surface area contributed by atoms with E-state index < -0.39 is 16.1 Å². The first-order valence-electron chi connectivity index (χ1n) is 4.77. The van der Waals surface area contributed by atoms with Crippen molar-refractivity contribution >= 4 is 16.1 Å². The van der Waals surface area contributed by atoms with Gasteiger partial charge < -0.3 is 0 Å². The molecule has 0 aromatic carbocycles. The molecule has 2 atom stereocenters. The van der Waals surface area contributed by atoms with Crippen LogP contribution in [0.25, 0.3) is 0 Å². The fraction of sp³-hybridized carbons (Fsp3) is 1.00. The maximum absolute atomic E-state index is 2.58. The van der Waals surface area contributed by atoms with Crippen LogP contribution >= 0.6 is 0 Å². The Labute approximate surface area is 73.4 Å². The molecule has 1 aliphatic heterocycles. The minimum absolute atomic E-state index is 0.780. The lowest BCUT2D eigenvalue weighted by Crippen LogP contribution is -2.29. The Kier molecular flexibility index (Phi) is 2.13. The number of hydrogen-bond donors (Lipinski definition) is 0. The van der Waals surface area contributed by atoms with Gasteiger partial charge >= 0.3 is 0 Å². The molecule has 0 unspecified atom stereocenters. The van der Waals surface area contributed by atoms with Gasteiger partial charge in [-0.25, -0.2) is 0 Å². The van der Waals surface area contributed by atoms with E-state index in [0.717, 1.165) is 11.1 Å². The smallest absolute Gasteiger partial charge is 0.0475 e. The Bertz CT molecular complexity index is 143. The summed E-state index contributed by atoms with van der Waals surface area (Å²) < 4.78 is 0. The molecule has 0 nitrogen and oxygen atoms in total. The summed E-state index contributed by atoms with van der Waals surface area (Å²) in [6, 6.07) is 0. The molecule has 1 fully saturated rings. The van der Waals surface area contributed by atoms with E-state index in [1.807, 2.05) is 0 Å². The lowest BCUT2D eigenvalue weighted by Gasteiger charge is -2.24. The summed E-state index contributed by atoms with van der Waals surface area (Å²) in [5.41, 5.74) is 3.80. The molecular weight excluding hydrogens is 164 g/mol. The predicted molar refractivity (Wildman–Crippen MR) is 58.6 cm³/mol. The van der Waals surface area contributed by atoms with Crippen LogP contribution in [0.2, 0.25) is 42.9 Å². The Balaban J connectivity index is 2.86. The zero-order valence-electron chi connectivity index (χ0n) is 8.86. The highest BCUT2D eigenvalue weighted by Crippen LogP contribution is 2.52. The summed E-state index contributed by atoms with van der Waals surface area (Å²) in [7, 11) is -1.56. The van der Waals surface area contributed by atoms with Crippen LogP contribution in [0.1, 0.15) is 13.8 Å². The highest BCUT2D eigenvalue weighted by molar-refractivity contribution is 7.01. The lowest BCUT2D eigenvalue weighted by molar-refractivity contribution is 0.835. The third-order valence-corrected chi connectivity index (χ3v) is 17.7. The van der Waals surface area contributed by atoms with Gasteiger partial charge in [-0.1, -0.05) is 45.7 Å². The van der Waals surface area contributed by atoms with Crippen molar-refractivity contribution in [1.82, 2.24) is 0 Å². The van der Waals surface area contributed by atoms with Gasteiger partial charge in [0, 0.05) is 16.1 Å². The Morgan fingerprint density at radius 1 is 0.818 bits per heavy atom. The molecule has 0 aliphatic carbocycles. The Morgan fingerprint density at radius 3 is 1.18 bits per heavy atom. The van der Waals surface area contributed by atoms with Crippen molar-refractivity contribution in [3.63, 3.8) is 0 Å². The molecule has 11 heavy (non-hydrogen) atoms. The van der Waals surface area contributed by atoms with Gasteiger partial charge in [-0.15, -0.1) is 0 Å². The second-order valence-electron chi connectivity index (χ2n) is 5.73. The maximum atomic E-state index is 2.58. The normalized spacial score (nSPS) is 40.9. The molecule has 0 spiro atoms. The topological polar surface area (TPSA) is 0 Å². The van der Waals surface area contributed by atoms with Crippen molar-refractivity contribution in [3.05, 3.63) is 0 Å². The van der Waals surface area contributed by atoms with E-state index in [1.54, 1.807) is 5.67 Å². The van der Waals surface area contributed by atoms with E-state index in [1.165, 1.54) is 0 Å².